The van der Waals surface area contributed by atoms with E-state index in [1.807, 2.05) is 0 Å². The van der Waals surface area contributed by atoms with Gasteiger partial charge in [0.1, 0.15) is 17.6 Å². The number of methoxy groups -OCH3 is 1. The van der Waals surface area contributed by atoms with Gasteiger partial charge in [0, 0.05) is 31.5 Å². The summed E-state index contributed by atoms with van der Waals surface area (Å²) < 4.78 is 24.5. The van der Waals surface area contributed by atoms with Crippen molar-refractivity contribution in [2.75, 3.05) is 39.2 Å². The number of rotatable bonds is 4. The minimum Gasteiger partial charge on any atom is -0.494 e. The van der Waals surface area contributed by atoms with Gasteiger partial charge in [-0.05, 0) is 18.2 Å². The Morgan fingerprint density at radius 2 is 2.20 bits per heavy atom. The second kappa shape index (κ2) is 7.43. The van der Waals surface area contributed by atoms with E-state index < -0.39 is 11.9 Å². The first-order valence-electron chi connectivity index (χ1n) is 7.87. The highest BCUT2D eigenvalue weighted by atomic mass is 19.1. The average Bonchev–Trinajstić information content (AvgIpc) is 2.67. The SMILES string of the molecule is CNc1nccnc1[C@@H]1CN(C(=O)c2ccc(OC)c(F)c2)CCO1. The third kappa shape index (κ3) is 3.53. The summed E-state index contributed by atoms with van der Waals surface area (Å²) in [7, 11) is 3.13. The van der Waals surface area contributed by atoms with Crippen LogP contribution in [0.2, 0.25) is 0 Å². The summed E-state index contributed by atoms with van der Waals surface area (Å²) in [5.74, 6) is -0.110. The minimum absolute atomic E-state index is 0.106. The van der Waals surface area contributed by atoms with Crippen molar-refractivity contribution in [2.45, 2.75) is 6.10 Å². The summed E-state index contributed by atoms with van der Waals surface area (Å²) in [6, 6.07) is 4.19. The standard InChI is InChI=1S/C17H19FN4O3/c1-19-16-15(20-5-6-21-16)14-10-22(7-8-25-14)17(23)11-3-4-13(24-2)12(18)9-11/h3-6,9,14H,7-8,10H2,1-2H3,(H,19,21)/t14-/m0/s1. The van der Waals surface area contributed by atoms with Crippen LogP contribution in [0.4, 0.5) is 10.2 Å². The molecule has 25 heavy (non-hydrogen) atoms. The largest absolute Gasteiger partial charge is 0.494 e. The number of anilines is 1. The van der Waals surface area contributed by atoms with E-state index in [-0.39, 0.29) is 17.2 Å². The molecule has 1 aromatic heterocycles. The van der Waals surface area contributed by atoms with Crippen LogP contribution >= 0.6 is 0 Å². The fraction of sp³-hybridized carbons (Fsp3) is 0.353. The van der Waals surface area contributed by atoms with Crippen molar-refractivity contribution < 1.29 is 18.7 Å². The van der Waals surface area contributed by atoms with E-state index in [2.05, 4.69) is 15.3 Å². The molecule has 0 bridgehead atoms. The van der Waals surface area contributed by atoms with E-state index in [1.165, 1.54) is 19.2 Å². The molecule has 0 saturated carbocycles. The van der Waals surface area contributed by atoms with Crippen molar-refractivity contribution >= 4 is 11.7 Å². The van der Waals surface area contributed by atoms with Crippen molar-refractivity contribution in [2.24, 2.45) is 0 Å². The number of benzene rings is 1. The fourth-order valence-corrected chi connectivity index (χ4v) is 2.76. The number of aromatic nitrogens is 2. The lowest BCUT2D eigenvalue weighted by Gasteiger charge is -2.33. The van der Waals surface area contributed by atoms with Gasteiger partial charge >= 0.3 is 0 Å². The zero-order valence-corrected chi connectivity index (χ0v) is 14.0. The molecule has 1 aliphatic rings. The first-order chi connectivity index (χ1) is 12.1. The topological polar surface area (TPSA) is 76.6 Å². The monoisotopic (exact) mass is 346 g/mol. The highest BCUT2D eigenvalue weighted by Gasteiger charge is 2.29. The number of morpholine rings is 1. The van der Waals surface area contributed by atoms with Crippen molar-refractivity contribution in [3.8, 4) is 5.75 Å². The smallest absolute Gasteiger partial charge is 0.254 e. The molecule has 0 aliphatic carbocycles. The number of ether oxygens (including phenoxy) is 2. The maximum Gasteiger partial charge on any atom is 0.254 e. The fourth-order valence-electron chi connectivity index (χ4n) is 2.76. The van der Waals surface area contributed by atoms with Gasteiger partial charge in [-0.15, -0.1) is 0 Å². The van der Waals surface area contributed by atoms with Crippen LogP contribution in [0.3, 0.4) is 0 Å². The average molecular weight is 346 g/mol. The molecule has 1 N–H and O–H groups in total. The van der Waals surface area contributed by atoms with Crippen molar-refractivity contribution in [3.63, 3.8) is 0 Å². The van der Waals surface area contributed by atoms with Gasteiger partial charge < -0.3 is 19.7 Å². The molecular formula is C17H19FN4O3. The molecule has 1 atom stereocenters. The third-order valence-electron chi connectivity index (χ3n) is 4.02. The summed E-state index contributed by atoms with van der Waals surface area (Å²) in [6.45, 7) is 1.12. The zero-order valence-electron chi connectivity index (χ0n) is 14.0. The Morgan fingerprint density at radius 1 is 1.40 bits per heavy atom. The number of nitrogens with zero attached hydrogens (tertiary/aromatic N) is 3. The lowest BCUT2D eigenvalue weighted by molar-refractivity contribution is -0.0245. The van der Waals surface area contributed by atoms with Crippen molar-refractivity contribution in [1.82, 2.24) is 14.9 Å². The van der Waals surface area contributed by atoms with E-state index in [0.717, 1.165) is 0 Å². The molecule has 0 spiro atoms. The van der Waals surface area contributed by atoms with Gasteiger partial charge in [0.2, 0.25) is 0 Å². The number of carbonyl (C=O) groups is 1. The molecule has 1 aliphatic heterocycles. The van der Waals surface area contributed by atoms with Crippen LogP contribution in [-0.4, -0.2) is 54.6 Å². The number of nitrogens with one attached hydrogen (secondary N) is 1. The van der Waals surface area contributed by atoms with E-state index >= 15 is 0 Å². The molecule has 2 aromatic rings. The molecule has 0 unspecified atom stereocenters. The highest BCUT2D eigenvalue weighted by Crippen LogP contribution is 2.26. The summed E-state index contributed by atoms with van der Waals surface area (Å²) in [5, 5.41) is 2.97. The molecule has 7 nitrogen and oxygen atoms in total. The number of halogens is 1. The van der Waals surface area contributed by atoms with E-state index in [0.29, 0.717) is 31.2 Å². The number of hydrogen-bond acceptors (Lipinski definition) is 6. The first-order valence-corrected chi connectivity index (χ1v) is 7.87. The Kier molecular flexibility index (Phi) is 5.08. The quantitative estimate of drug-likeness (QED) is 0.911. The van der Waals surface area contributed by atoms with Gasteiger partial charge in [0.15, 0.2) is 11.6 Å². The third-order valence-corrected chi connectivity index (χ3v) is 4.02. The van der Waals surface area contributed by atoms with Gasteiger partial charge in [-0.1, -0.05) is 0 Å². The van der Waals surface area contributed by atoms with Crippen LogP contribution in [0.5, 0.6) is 5.75 Å². The van der Waals surface area contributed by atoms with Crippen LogP contribution < -0.4 is 10.1 Å². The Bertz CT molecular complexity index is 771. The van der Waals surface area contributed by atoms with Gasteiger partial charge in [-0.2, -0.15) is 0 Å². The normalized spacial score (nSPS) is 17.2. The van der Waals surface area contributed by atoms with Crippen molar-refractivity contribution in [1.29, 1.82) is 0 Å². The van der Waals surface area contributed by atoms with Crippen LogP contribution in [-0.2, 0) is 4.74 Å². The summed E-state index contributed by atoms with van der Waals surface area (Å²) in [5.41, 5.74) is 0.912. The molecule has 1 aromatic carbocycles. The van der Waals surface area contributed by atoms with Gasteiger partial charge in [0.05, 0.1) is 20.3 Å². The summed E-state index contributed by atoms with van der Waals surface area (Å²) in [4.78, 5) is 22.8. The Hall–Kier alpha value is -2.74. The predicted octanol–water partition coefficient (Wildman–Crippen LogP) is 1.88. The second-order valence-corrected chi connectivity index (χ2v) is 5.50. The Labute approximate surface area is 144 Å². The van der Waals surface area contributed by atoms with E-state index in [9.17, 15) is 9.18 Å². The molecule has 1 fully saturated rings. The number of amides is 1. The van der Waals surface area contributed by atoms with Crippen molar-refractivity contribution in [3.05, 3.63) is 47.7 Å². The van der Waals surface area contributed by atoms with Gasteiger partial charge in [-0.3, -0.25) is 9.78 Å². The van der Waals surface area contributed by atoms with Crippen LogP contribution in [0, 0.1) is 5.82 Å². The molecule has 3 rings (SSSR count). The molecule has 2 heterocycles. The maximum atomic E-state index is 13.9. The molecule has 1 saturated heterocycles. The molecule has 1 amide bonds. The highest BCUT2D eigenvalue weighted by molar-refractivity contribution is 5.94. The van der Waals surface area contributed by atoms with E-state index in [4.69, 9.17) is 9.47 Å². The van der Waals surface area contributed by atoms with E-state index in [1.54, 1.807) is 30.4 Å². The maximum absolute atomic E-state index is 13.9. The van der Waals surface area contributed by atoms with Crippen LogP contribution in [0.25, 0.3) is 0 Å². The van der Waals surface area contributed by atoms with Gasteiger partial charge in [-0.25, -0.2) is 9.37 Å². The zero-order chi connectivity index (χ0) is 17.8. The summed E-state index contributed by atoms with van der Waals surface area (Å²) in [6.07, 6.45) is 2.78. The molecule has 132 valence electrons. The number of hydrogen-bond donors (Lipinski definition) is 1. The first kappa shape index (κ1) is 17.1. The lowest BCUT2D eigenvalue weighted by Crippen LogP contribution is -2.42. The number of carbonyl (C=O) groups excluding carboxylic acids is 1. The lowest BCUT2D eigenvalue weighted by atomic mass is 10.1. The second-order valence-electron chi connectivity index (χ2n) is 5.50. The molecule has 8 heteroatoms. The Balaban J connectivity index is 1.79. The minimum atomic E-state index is -0.565. The molecular weight excluding hydrogens is 327 g/mol. The van der Waals surface area contributed by atoms with Crippen LogP contribution in [0.15, 0.2) is 30.6 Å². The molecule has 0 radical (unpaired) electrons. The predicted molar refractivity (Wildman–Crippen MR) is 89.1 cm³/mol. The van der Waals surface area contributed by atoms with Crippen LogP contribution in [0.1, 0.15) is 22.2 Å². The van der Waals surface area contributed by atoms with Gasteiger partial charge in [0.25, 0.3) is 5.91 Å². The summed E-state index contributed by atoms with van der Waals surface area (Å²) >= 11 is 0. The Morgan fingerprint density at radius 3 is 2.92 bits per heavy atom.